The maximum Gasteiger partial charge on any atom is 0.230 e. The van der Waals surface area contributed by atoms with Crippen LogP contribution in [0.3, 0.4) is 0 Å². The summed E-state index contributed by atoms with van der Waals surface area (Å²) in [7, 11) is 1.84. The Morgan fingerprint density at radius 3 is 2.15 bits per heavy atom. The van der Waals surface area contributed by atoms with Crippen LogP contribution in [-0.2, 0) is 29.1 Å². The van der Waals surface area contributed by atoms with E-state index in [4.69, 9.17) is 0 Å². The third kappa shape index (κ3) is 6.13. The Balaban J connectivity index is 1.51. The fourth-order valence-corrected chi connectivity index (χ4v) is 4.66. The minimum atomic E-state index is 0.0632. The van der Waals surface area contributed by atoms with Gasteiger partial charge in [0.25, 0.3) is 0 Å². The van der Waals surface area contributed by atoms with E-state index in [1.54, 1.807) is 4.90 Å². The summed E-state index contributed by atoms with van der Waals surface area (Å²) in [6.45, 7) is 3.19. The number of amides is 2. The third-order valence-electron chi connectivity index (χ3n) is 6.70. The molecule has 0 aliphatic heterocycles. The van der Waals surface area contributed by atoms with Gasteiger partial charge in [0.1, 0.15) is 0 Å². The molecule has 4 rings (SSSR count). The van der Waals surface area contributed by atoms with E-state index in [-0.39, 0.29) is 17.7 Å². The number of hydrogen-bond acceptors (Lipinski definition) is 2. The largest absolute Gasteiger partial charge is 0.341 e. The van der Waals surface area contributed by atoms with Gasteiger partial charge in [0.05, 0.1) is 13.0 Å². The normalized spacial score (nSPS) is 13.6. The third-order valence-corrected chi connectivity index (χ3v) is 6.70. The van der Waals surface area contributed by atoms with Gasteiger partial charge in [0, 0.05) is 25.2 Å². The molecule has 4 heteroatoms. The lowest BCUT2D eigenvalue weighted by Crippen LogP contribution is -2.35. The first-order valence-electron chi connectivity index (χ1n) is 12.2. The summed E-state index contributed by atoms with van der Waals surface area (Å²) in [5.41, 5.74) is 5.22. The van der Waals surface area contributed by atoms with Gasteiger partial charge < -0.3 is 9.80 Å². The van der Waals surface area contributed by atoms with E-state index in [0.29, 0.717) is 19.5 Å². The van der Waals surface area contributed by atoms with Crippen LogP contribution in [0.2, 0.25) is 0 Å². The smallest absolute Gasteiger partial charge is 0.230 e. The maximum absolute atomic E-state index is 13.5. The van der Waals surface area contributed by atoms with Crippen molar-refractivity contribution >= 4 is 17.5 Å². The lowest BCUT2D eigenvalue weighted by molar-refractivity contribution is -0.129. The summed E-state index contributed by atoms with van der Waals surface area (Å²) in [6.07, 6.45) is 4.48. The van der Waals surface area contributed by atoms with Gasteiger partial charge in [-0.15, -0.1) is 0 Å². The number of anilines is 1. The molecule has 0 heterocycles. The van der Waals surface area contributed by atoms with E-state index in [1.807, 2.05) is 66.5 Å². The van der Waals surface area contributed by atoms with Gasteiger partial charge in [0.15, 0.2) is 0 Å². The van der Waals surface area contributed by atoms with Crippen molar-refractivity contribution in [2.45, 2.75) is 52.1 Å². The summed E-state index contributed by atoms with van der Waals surface area (Å²) >= 11 is 0. The molecule has 176 valence electrons. The van der Waals surface area contributed by atoms with E-state index in [0.717, 1.165) is 48.1 Å². The first-order valence-corrected chi connectivity index (χ1v) is 12.2. The Morgan fingerprint density at radius 1 is 0.794 bits per heavy atom. The molecule has 4 nitrogen and oxygen atoms in total. The van der Waals surface area contributed by atoms with E-state index < -0.39 is 0 Å². The van der Waals surface area contributed by atoms with Crippen LogP contribution in [0.25, 0.3) is 0 Å². The first kappa shape index (κ1) is 23.7. The van der Waals surface area contributed by atoms with Crippen LogP contribution in [0.15, 0.2) is 78.9 Å². The molecule has 0 aromatic heterocycles. The van der Waals surface area contributed by atoms with Gasteiger partial charge in [-0.05, 0) is 48.6 Å². The van der Waals surface area contributed by atoms with Crippen molar-refractivity contribution in [3.05, 3.63) is 101 Å². The molecule has 0 bridgehead atoms. The maximum atomic E-state index is 13.5. The van der Waals surface area contributed by atoms with Gasteiger partial charge in [-0.3, -0.25) is 9.59 Å². The Kier molecular flexibility index (Phi) is 7.79. The average Bonchev–Trinajstić information content (AvgIpc) is 3.39. The molecule has 0 radical (unpaired) electrons. The first-order chi connectivity index (χ1) is 16.5. The lowest BCUT2D eigenvalue weighted by atomic mass is 10.0. The molecule has 0 unspecified atom stereocenters. The number of carbonyl (C=O) groups excluding carboxylic acids is 2. The summed E-state index contributed by atoms with van der Waals surface area (Å²) < 4.78 is 0. The van der Waals surface area contributed by atoms with Crippen LogP contribution in [-0.4, -0.2) is 23.8 Å². The molecule has 34 heavy (non-hydrogen) atoms. The van der Waals surface area contributed by atoms with E-state index in [1.165, 1.54) is 5.56 Å². The average molecular weight is 455 g/mol. The molecule has 2 amide bonds. The predicted octanol–water partition coefficient (Wildman–Crippen LogP) is 5.92. The molecule has 1 aliphatic rings. The highest BCUT2D eigenvalue weighted by Crippen LogP contribution is 2.30. The number of likely N-dealkylation sites (N-methyl/N-ethyl adjacent to an activating group) is 1. The second-order valence-electron chi connectivity index (χ2n) is 9.47. The number of aryl methyl sites for hydroxylation is 1. The topological polar surface area (TPSA) is 40.6 Å². The fourth-order valence-electron chi connectivity index (χ4n) is 4.66. The zero-order valence-corrected chi connectivity index (χ0v) is 20.2. The van der Waals surface area contributed by atoms with E-state index in [2.05, 4.69) is 31.2 Å². The van der Waals surface area contributed by atoms with Crippen molar-refractivity contribution in [2.24, 2.45) is 5.92 Å². The standard InChI is InChI=1S/C30H34N2O2/c1-23-15-17-25(18-16-23)22-32(30(34)27-12-6-7-13-27)28-14-8-11-26(19-28)20-29(33)31(2)21-24-9-4-3-5-10-24/h3-5,8-11,14-19,27H,6-7,12-13,20-22H2,1-2H3. The predicted molar refractivity (Wildman–Crippen MR) is 137 cm³/mol. The summed E-state index contributed by atoms with van der Waals surface area (Å²) in [6, 6.07) is 26.3. The molecular weight excluding hydrogens is 420 g/mol. The molecule has 1 fully saturated rings. The van der Waals surface area contributed by atoms with Crippen LogP contribution in [0.5, 0.6) is 0 Å². The SMILES string of the molecule is Cc1ccc(CN(C(=O)C2CCCC2)c2cccc(CC(=O)N(C)Cc3ccccc3)c2)cc1. The van der Waals surface area contributed by atoms with Gasteiger partial charge in [-0.25, -0.2) is 0 Å². The van der Waals surface area contributed by atoms with E-state index >= 15 is 0 Å². The quantitative estimate of drug-likeness (QED) is 0.424. The molecule has 3 aromatic carbocycles. The van der Waals surface area contributed by atoms with Crippen molar-refractivity contribution in [2.75, 3.05) is 11.9 Å². The highest BCUT2D eigenvalue weighted by molar-refractivity contribution is 5.95. The van der Waals surface area contributed by atoms with Gasteiger partial charge in [-0.2, -0.15) is 0 Å². The fraction of sp³-hybridized carbons (Fsp3) is 0.333. The molecule has 0 N–H and O–H groups in total. The zero-order valence-electron chi connectivity index (χ0n) is 20.2. The molecule has 1 aliphatic carbocycles. The van der Waals surface area contributed by atoms with Gasteiger partial charge >= 0.3 is 0 Å². The molecule has 3 aromatic rings. The van der Waals surface area contributed by atoms with Crippen LogP contribution >= 0.6 is 0 Å². The summed E-state index contributed by atoms with van der Waals surface area (Å²) in [4.78, 5) is 30.1. The van der Waals surface area contributed by atoms with Crippen LogP contribution in [0.1, 0.15) is 47.9 Å². The second kappa shape index (κ2) is 11.1. The van der Waals surface area contributed by atoms with Crippen LogP contribution in [0.4, 0.5) is 5.69 Å². The highest BCUT2D eigenvalue weighted by atomic mass is 16.2. The number of benzene rings is 3. The second-order valence-corrected chi connectivity index (χ2v) is 9.47. The number of nitrogens with zero attached hydrogens (tertiary/aromatic N) is 2. The van der Waals surface area contributed by atoms with Crippen molar-refractivity contribution in [3.8, 4) is 0 Å². The molecule has 0 spiro atoms. The number of rotatable bonds is 8. The van der Waals surface area contributed by atoms with Crippen LogP contribution in [0, 0.1) is 12.8 Å². The summed E-state index contributed by atoms with van der Waals surface area (Å²) in [5.74, 6) is 0.351. The van der Waals surface area contributed by atoms with E-state index in [9.17, 15) is 9.59 Å². The number of hydrogen-bond donors (Lipinski definition) is 0. The molecule has 1 saturated carbocycles. The molecular formula is C30H34N2O2. The number of carbonyl (C=O) groups is 2. The minimum absolute atomic E-state index is 0.0632. The Labute approximate surface area is 203 Å². The van der Waals surface area contributed by atoms with Crippen LogP contribution < -0.4 is 4.90 Å². The Bertz CT molecular complexity index is 1100. The van der Waals surface area contributed by atoms with Crippen molar-refractivity contribution in [1.82, 2.24) is 4.90 Å². The Hall–Kier alpha value is -3.40. The minimum Gasteiger partial charge on any atom is -0.341 e. The lowest BCUT2D eigenvalue weighted by Gasteiger charge is -2.27. The molecule has 0 saturated heterocycles. The zero-order chi connectivity index (χ0) is 23.9. The van der Waals surface area contributed by atoms with Crippen molar-refractivity contribution < 1.29 is 9.59 Å². The monoisotopic (exact) mass is 454 g/mol. The van der Waals surface area contributed by atoms with Gasteiger partial charge in [0.2, 0.25) is 11.8 Å². The van der Waals surface area contributed by atoms with Crippen molar-refractivity contribution in [3.63, 3.8) is 0 Å². The summed E-state index contributed by atoms with van der Waals surface area (Å²) in [5, 5.41) is 0. The molecule has 0 atom stereocenters. The van der Waals surface area contributed by atoms with Crippen molar-refractivity contribution in [1.29, 1.82) is 0 Å². The highest BCUT2D eigenvalue weighted by Gasteiger charge is 2.28. The Morgan fingerprint density at radius 2 is 1.44 bits per heavy atom. The van der Waals surface area contributed by atoms with Gasteiger partial charge in [-0.1, -0.05) is 85.1 Å².